The molecule has 0 aromatic carbocycles. The Balaban J connectivity index is 1.96. The number of hydrogen-bond acceptors (Lipinski definition) is 4. The number of rotatable bonds is 2. The molecule has 2 N–H and O–H groups in total. The summed E-state index contributed by atoms with van der Waals surface area (Å²) in [6, 6.07) is 0.417. The van der Waals surface area contributed by atoms with Crippen molar-refractivity contribution in [3.05, 3.63) is 0 Å². The van der Waals surface area contributed by atoms with Crippen LogP contribution in [0.4, 0.5) is 4.79 Å². The van der Waals surface area contributed by atoms with Gasteiger partial charge in [-0.2, -0.15) is 0 Å². The molecule has 0 saturated carbocycles. The summed E-state index contributed by atoms with van der Waals surface area (Å²) in [5, 5.41) is 0. The van der Waals surface area contributed by atoms with E-state index in [2.05, 4.69) is 4.90 Å². The number of carbonyl (C=O) groups is 1. The monoisotopic (exact) mass is 269 g/mol. The molecule has 0 aliphatic carbocycles. The number of likely N-dealkylation sites (tertiary alicyclic amines) is 2. The van der Waals surface area contributed by atoms with Crippen LogP contribution >= 0.6 is 0 Å². The predicted octanol–water partition coefficient (Wildman–Crippen LogP) is 1.28. The molecule has 19 heavy (non-hydrogen) atoms. The zero-order chi connectivity index (χ0) is 14.0. The largest absolute Gasteiger partial charge is 0.444 e. The van der Waals surface area contributed by atoms with Gasteiger partial charge in [-0.15, -0.1) is 0 Å². The quantitative estimate of drug-likeness (QED) is 0.820. The van der Waals surface area contributed by atoms with E-state index in [0.717, 1.165) is 26.2 Å². The van der Waals surface area contributed by atoms with Gasteiger partial charge < -0.3 is 15.4 Å². The van der Waals surface area contributed by atoms with E-state index in [1.165, 1.54) is 12.8 Å². The highest BCUT2D eigenvalue weighted by molar-refractivity contribution is 5.68. The summed E-state index contributed by atoms with van der Waals surface area (Å²) in [5.41, 5.74) is 5.45. The normalized spacial score (nSPS) is 28.9. The zero-order valence-corrected chi connectivity index (χ0v) is 12.4. The van der Waals surface area contributed by atoms with Gasteiger partial charge >= 0.3 is 6.09 Å². The fraction of sp³-hybridized carbons (Fsp3) is 0.929. The van der Waals surface area contributed by atoms with Crippen molar-refractivity contribution in [2.75, 3.05) is 32.7 Å². The van der Waals surface area contributed by atoms with Crippen LogP contribution in [0.1, 0.15) is 33.6 Å². The average Bonchev–Trinajstić information content (AvgIpc) is 2.95. The molecule has 5 heteroatoms. The number of ether oxygens (including phenoxy) is 1. The summed E-state index contributed by atoms with van der Waals surface area (Å²) in [5.74, 6) is 0.380. The molecule has 110 valence electrons. The molecular formula is C14H27N3O2. The molecule has 2 heterocycles. The molecular weight excluding hydrogens is 242 g/mol. The first-order chi connectivity index (χ1) is 8.90. The number of hydrogen-bond donors (Lipinski definition) is 1. The van der Waals surface area contributed by atoms with Crippen molar-refractivity contribution in [1.29, 1.82) is 0 Å². The Kier molecular flexibility index (Phi) is 4.36. The van der Waals surface area contributed by atoms with E-state index >= 15 is 0 Å². The molecule has 5 nitrogen and oxygen atoms in total. The SMILES string of the molecule is CC(C)(C)OC(=O)N1CC(CN)C(N2CCCC2)C1. The van der Waals surface area contributed by atoms with Gasteiger partial charge in [-0.3, -0.25) is 4.90 Å². The maximum Gasteiger partial charge on any atom is 0.410 e. The van der Waals surface area contributed by atoms with Crippen molar-refractivity contribution < 1.29 is 9.53 Å². The van der Waals surface area contributed by atoms with E-state index in [4.69, 9.17) is 10.5 Å². The van der Waals surface area contributed by atoms with E-state index in [1.807, 2.05) is 25.7 Å². The van der Waals surface area contributed by atoms with Gasteiger partial charge in [0.05, 0.1) is 0 Å². The third-order valence-corrected chi connectivity index (χ3v) is 3.97. The van der Waals surface area contributed by atoms with Crippen LogP contribution < -0.4 is 5.73 Å². The molecule has 0 aromatic rings. The Labute approximate surface area is 116 Å². The van der Waals surface area contributed by atoms with E-state index in [0.29, 0.717) is 18.5 Å². The highest BCUT2D eigenvalue weighted by Crippen LogP contribution is 2.26. The standard InChI is InChI=1S/C14H27N3O2/c1-14(2,3)19-13(18)17-9-11(8-15)12(10-17)16-6-4-5-7-16/h11-12H,4-10,15H2,1-3H3. The zero-order valence-electron chi connectivity index (χ0n) is 12.4. The molecule has 0 aromatic heterocycles. The van der Waals surface area contributed by atoms with Crippen LogP contribution in [0.15, 0.2) is 0 Å². The van der Waals surface area contributed by atoms with E-state index < -0.39 is 5.60 Å². The van der Waals surface area contributed by atoms with Crippen molar-refractivity contribution in [2.45, 2.75) is 45.3 Å². The Hall–Kier alpha value is -0.810. The average molecular weight is 269 g/mol. The van der Waals surface area contributed by atoms with E-state index in [9.17, 15) is 4.79 Å². The third-order valence-electron chi connectivity index (χ3n) is 3.97. The lowest BCUT2D eigenvalue weighted by atomic mass is 10.0. The highest BCUT2D eigenvalue weighted by atomic mass is 16.6. The maximum absolute atomic E-state index is 12.1. The van der Waals surface area contributed by atoms with Crippen molar-refractivity contribution in [1.82, 2.24) is 9.80 Å². The van der Waals surface area contributed by atoms with E-state index in [1.54, 1.807) is 0 Å². The fourth-order valence-electron chi connectivity index (χ4n) is 3.05. The summed E-state index contributed by atoms with van der Waals surface area (Å²) in [4.78, 5) is 16.4. The van der Waals surface area contributed by atoms with Crippen LogP contribution in [-0.4, -0.2) is 60.3 Å². The second kappa shape index (κ2) is 5.67. The van der Waals surface area contributed by atoms with Crippen LogP contribution in [0.3, 0.4) is 0 Å². The molecule has 2 rings (SSSR count). The van der Waals surface area contributed by atoms with Gasteiger partial charge in [0.1, 0.15) is 5.60 Å². The summed E-state index contributed by atoms with van der Waals surface area (Å²) in [6.07, 6.45) is 2.33. The van der Waals surface area contributed by atoms with Gasteiger partial charge in [-0.1, -0.05) is 0 Å². The third kappa shape index (κ3) is 3.60. The topological polar surface area (TPSA) is 58.8 Å². The molecule has 2 unspecified atom stereocenters. The molecule has 2 atom stereocenters. The second-order valence-electron chi connectivity index (χ2n) is 6.69. The minimum absolute atomic E-state index is 0.201. The van der Waals surface area contributed by atoms with Gasteiger partial charge in [0.25, 0.3) is 0 Å². The Morgan fingerprint density at radius 1 is 1.26 bits per heavy atom. The summed E-state index contributed by atoms with van der Waals surface area (Å²) < 4.78 is 5.45. The van der Waals surface area contributed by atoms with Crippen LogP contribution in [0.5, 0.6) is 0 Å². The highest BCUT2D eigenvalue weighted by Gasteiger charge is 2.39. The molecule has 1 amide bonds. The summed E-state index contributed by atoms with van der Waals surface area (Å²) >= 11 is 0. The van der Waals surface area contributed by atoms with Crippen molar-refractivity contribution in [2.24, 2.45) is 11.7 Å². The molecule has 2 fully saturated rings. The molecule has 2 aliphatic heterocycles. The smallest absolute Gasteiger partial charge is 0.410 e. The van der Waals surface area contributed by atoms with Crippen molar-refractivity contribution in [3.8, 4) is 0 Å². The lowest BCUT2D eigenvalue weighted by molar-refractivity contribution is 0.0280. The van der Waals surface area contributed by atoms with Gasteiger partial charge in [0, 0.05) is 25.0 Å². The molecule has 2 saturated heterocycles. The molecule has 0 spiro atoms. The van der Waals surface area contributed by atoms with Crippen LogP contribution in [-0.2, 0) is 4.74 Å². The number of amides is 1. The lowest BCUT2D eigenvalue weighted by Gasteiger charge is -2.27. The number of carbonyl (C=O) groups excluding carboxylic acids is 1. The van der Waals surface area contributed by atoms with Gasteiger partial charge in [0.15, 0.2) is 0 Å². The minimum Gasteiger partial charge on any atom is -0.444 e. The first-order valence-corrected chi connectivity index (χ1v) is 7.33. The second-order valence-corrected chi connectivity index (χ2v) is 6.69. The first kappa shape index (κ1) is 14.6. The van der Waals surface area contributed by atoms with Crippen LogP contribution in [0.25, 0.3) is 0 Å². The van der Waals surface area contributed by atoms with Crippen LogP contribution in [0.2, 0.25) is 0 Å². The predicted molar refractivity (Wildman–Crippen MR) is 74.9 cm³/mol. The van der Waals surface area contributed by atoms with Crippen LogP contribution in [0, 0.1) is 5.92 Å². The Morgan fingerprint density at radius 2 is 1.89 bits per heavy atom. The molecule has 0 radical (unpaired) electrons. The Bertz CT molecular complexity index is 321. The summed E-state index contributed by atoms with van der Waals surface area (Å²) in [6.45, 7) is 10.1. The van der Waals surface area contributed by atoms with Gasteiger partial charge in [-0.25, -0.2) is 4.79 Å². The number of nitrogens with zero attached hydrogens (tertiary/aromatic N) is 2. The molecule has 0 bridgehead atoms. The van der Waals surface area contributed by atoms with Crippen molar-refractivity contribution >= 4 is 6.09 Å². The Morgan fingerprint density at radius 3 is 2.42 bits per heavy atom. The van der Waals surface area contributed by atoms with Gasteiger partial charge in [0.2, 0.25) is 0 Å². The maximum atomic E-state index is 12.1. The molecule has 2 aliphatic rings. The first-order valence-electron chi connectivity index (χ1n) is 7.33. The number of nitrogens with two attached hydrogens (primary N) is 1. The van der Waals surface area contributed by atoms with Crippen molar-refractivity contribution in [3.63, 3.8) is 0 Å². The van der Waals surface area contributed by atoms with E-state index in [-0.39, 0.29) is 6.09 Å². The van der Waals surface area contributed by atoms with Gasteiger partial charge in [-0.05, 0) is 53.2 Å². The minimum atomic E-state index is -0.430. The summed E-state index contributed by atoms with van der Waals surface area (Å²) in [7, 11) is 0. The fourth-order valence-corrected chi connectivity index (χ4v) is 3.05. The lowest BCUT2D eigenvalue weighted by Crippen LogP contribution is -2.41.